The lowest BCUT2D eigenvalue weighted by atomic mass is 10.0. The second-order valence-corrected chi connectivity index (χ2v) is 6.83. The van der Waals surface area contributed by atoms with Crippen molar-refractivity contribution in [1.82, 2.24) is 5.48 Å². The van der Waals surface area contributed by atoms with Gasteiger partial charge in [-0.2, -0.15) is 0 Å². The van der Waals surface area contributed by atoms with Crippen LogP contribution in [0.4, 0.5) is 5.69 Å². The Morgan fingerprint density at radius 3 is 2.28 bits per heavy atom. The van der Waals surface area contributed by atoms with Gasteiger partial charge in [0.05, 0.1) is 0 Å². The van der Waals surface area contributed by atoms with Gasteiger partial charge < -0.3 is 4.90 Å². The number of fused-ring (bicyclic) bond motifs is 1. The molecule has 29 heavy (non-hydrogen) atoms. The molecule has 3 aromatic rings. The Bertz CT molecular complexity index is 1080. The van der Waals surface area contributed by atoms with Gasteiger partial charge in [-0.25, -0.2) is 5.48 Å². The maximum absolute atomic E-state index is 13.5. The molecule has 0 aromatic heterocycles. The first-order valence-electron chi connectivity index (χ1n) is 9.39. The zero-order valence-electron chi connectivity index (χ0n) is 15.7. The van der Waals surface area contributed by atoms with Crippen LogP contribution in [0.3, 0.4) is 0 Å². The number of nitrogens with zero attached hydrogens (tertiary/aromatic N) is 1. The normalized spacial score (nSPS) is 13.1. The van der Waals surface area contributed by atoms with E-state index in [1.54, 1.807) is 28.6 Å². The molecular formula is C24H20N2O3. The molecule has 3 aromatic carbocycles. The van der Waals surface area contributed by atoms with E-state index in [9.17, 15) is 9.59 Å². The quantitative estimate of drug-likeness (QED) is 0.310. The van der Waals surface area contributed by atoms with Crippen molar-refractivity contribution in [3.05, 3.63) is 101 Å². The first-order chi connectivity index (χ1) is 14.2. The monoisotopic (exact) mass is 384 g/mol. The molecular weight excluding hydrogens is 364 g/mol. The van der Waals surface area contributed by atoms with Gasteiger partial charge in [-0.05, 0) is 47.4 Å². The first kappa shape index (κ1) is 18.7. The molecule has 0 bridgehead atoms. The van der Waals surface area contributed by atoms with E-state index >= 15 is 0 Å². The molecule has 2 N–H and O–H groups in total. The van der Waals surface area contributed by atoms with Crippen LogP contribution in [-0.4, -0.2) is 23.6 Å². The van der Waals surface area contributed by atoms with Gasteiger partial charge in [-0.1, -0.05) is 60.7 Å². The number of benzene rings is 3. The van der Waals surface area contributed by atoms with Gasteiger partial charge in [0, 0.05) is 23.4 Å². The summed E-state index contributed by atoms with van der Waals surface area (Å²) in [6.07, 6.45) is 2.56. The number of carbonyl (C=O) groups is 2. The molecule has 4 rings (SSSR count). The van der Waals surface area contributed by atoms with Crippen molar-refractivity contribution >= 4 is 29.2 Å². The molecule has 0 saturated carbocycles. The summed E-state index contributed by atoms with van der Waals surface area (Å²) in [5.74, 6) is -0.648. The van der Waals surface area contributed by atoms with Crippen molar-refractivity contribution in [1.29, 1.82) is 0 Å². The molecule has 5 heteroatoms. The maximum Gasteiger partial charge on any atom is 0.274 e. The third-order valence-corrected chi connectivity index (χ3v) is 5.01. The number of hydrogen-bond acceptors (Lipinski definition) is 3. The highest BCUT2D eigenvalue weighted by Crippen LogP contribution is 2.32. The zero-order valence-corrected chi connectivity index (χ0v) is 15.7. The van der Waals surface area contributed by atoms with Crippen molar-refractivity contribution in [2.45, 2.75) is 6.42 Å². The lowest BCUT2D eigenvalue weighted by Gasteiger charge is -2.20. The molecule has 0 aliphatic carbocycles. The molecule has 5 nitrogen and oxygen atoms in total. The predicted molar refractivity (Wildman–Crippen MR) is 113 cm³/mol. The molecule has 0 saturated heterocycles. The summed E-state index contributed by atoms with van der Waals surface area (Å²) in [6.45, 7) is 0.539. The third kappa shape index (κ3) is 3.81. The minimum atomic E-state index is -0.563. The largest absolute Gasteiger partial charge is 0.308 e. The number of amides is 2. The molecule has 1 aliphatic heterocycles. The molecule has 2 amide bonds. The van der Waals surface area contributed by atoms with Crippen molar-refractivity contribution < 1.29 is 14.8 Å². The highest BCUT2D eigenvalue weighted by Gasteiger charge is 2.28. The number of hydrogen-bond donors (Lipinski definition) is 2. The van der Waals surface area contributed by atoms with Gasteiger partial charge in [-0.3, -0.25) is 14.8 Å². The van der Waals surface area contributed by atoms with Crippen LogP contribution in [0.15, 0.2) is 78.9 Å². The fourth-order valence-corrected chi connectivity index (χ4v) is 3.57. The van der Waals surface area contributed by atoms with Crippen LogP contribution in [0.2, 0.25) is 0 Å². The summed E-state index contributed by atoms with van der Waals surface area (Å²) in [7, 11) is 0. The van der Waals surface area contributed by atoms with Gasteiger partial charge in [0.15, 0.2) is 0 Å². The van der Waals surface area contributed by atoms with Crippen molar-refractivity contribution in [2.75, 3.05) is 11.4 Å². The van der Waals surface area contributed by atoms with Crippen LogP contribution in [0.5, 0.6) is 0 Å². The van der Waals surface area contributed by atoms with Crippen molar-refractivity contribution in [3.63, 3.8) is 0 Å². The summed E-state index contributed by atoms with van der Waals surface area (Å²) in [5, 5.41) is 8.84. The van der Waals surface area contributed by atoms with E-state index in [4.69, 9.17) is 5.21 Å². The highest BCUT2D eigenvalue weighted by molar-refractivity contribution is 6.30. The highest BCUT2D eigenvalue weighted by atomic mass is 16.5. The Morgan fingerprint density at radius 1 is 0.897 bits per heavy atom. The lowest BCUT2D eigenvalue weighted by Crippen LogP contribution is -2.29. The van der Waals surface area contributed by atoms with E-state index in [0.29, 0.717) is 24.1 Å². The lowest BCUT2D eigenvalue weighted by molar-refractivity contribution is -0.113. The van der Waals surface area contributed by atoms with Crippen molar-refractivity contribution in [2.24, 2.45) is 0 Å². The first-order valence-corrected chi connectivity index (χ1v) is 9.39. The van der Waals surface area contributed by atoms with Crippen molar-refractivity contribution in [3.8, 4) is 0 Å². The van der Waals surface area contributed by atoms with Gasteiger partial charge in [-0.15, -0.1) is 0 Å². The maximum atomic E-state index is 13.5. The van der Waals surface area contributed by atoms with Gasteiger partial charge in [0.25, 0.3) is 11.8 Å². The number of nitrogens with one attached hydrogen (secondary N) is 1. The molecule has 1 aliphatic rings. The molecule has 0 atom stereocenters. The fraction of sp³-hybridized carbons (Fsp3) is 0.0833. The average Bonchev–Trinajstić information content (AvgIpc) is 3.21. The number of rotatable bonds is 4. The van der Waals surface area contributed by atoms with E-state index in [1.165, 1.54) is 0 Å². The minimum Gasteiger partial charge on any atom is -0.308 e. The van der Waals surface area contributed by atoms with Gasteiger partial charge in [0.2, 0.25) is 0 Å². The summed E-state index contributed by atoms with van der Waals surface area (Å²) in [4.78, 5) is 26.9. The molecule has 0 radical (unpaired) electrons. The minimum absolute atomic E-state index is 0.0850. The summed E-state index contributed by atoms with van der Waals surface area (Å²) in [5.41, 5.74) is 6.13. The van der Waals surface area contributed by atoms with E-state index in [2.05, 4.69) is 0 Å². The summed E-state index contributed by atoms with van der Waals surface area (Å²) >= 11 is 0. The second-order valence-electron chi connectivity index (χ2n) is 6.83. The molecule has 0 unspecified atom stereocenters. The molecule has 144 valence electrons. The van der Waals surface area contributed by atoms with Gasteiger partial charge in [0.1, 0.15) is 0 Å². The van der Waals surface area contributed by atoms with Crippen LogP contribution in [0.25, 0.3) is 11.6 Å². The van der Waals surface area contributed by atoms with E-state index in [0.717, 1.165) is 22.4 Å². The third-order valence-electron chi connectivity index (χ3n) is 5.01. The molecule has 0 fully saturated rings. The van der Waals surface area contributed by atoms with E-state index in [-0.39, 0.29) is 5.91 Å². The number of hydroxylamine groups is 1. The Morgan fingerprint density at radius 2 is 1.59 bits per heavy atom. The Kier molecular flexibility index (Phi) is 5.22. The standard InChI is InChI=1S/C24H20N2O3/c27-23(25-29)20-11-12-22-19(16-20)13-14-26(22)24(28)21(18-9-5-2-6-10-18)15-17-7-3-1-4-8-17/h1-12,15-16,29H,13-14H2,(H,25,27). The van der Waals surface area contributed by atoms with Crippen LogP contribution in [0, 0.1) is 0 Å². The molecule has 0 spiro atoms. The number of anilines is 1. The second kappa shape index (κ2) is 8.12. The van der Waals surface area contributed by atoms with E-state index in [1.807, 2.05) is 66.7 Å². The Labute approximate surface area is 168 Å². The Balaban J connectivity index is 1.72. The zero-order chi connectivity index (χ0) is 20.2. The van der Waals surface area contributed by atoms with Crippen LogP contribution < -0.4 is 10.4 Å². The van der Waals surface area contributed by atoms with E-state index < -0.39 is 5.91 Å². The van der Waals surface area contributed by atoms with Crippen LogP contribution in [-0.2, 0) is 11.2 Å². The average molecular weight is 384 g/mol. The summed E-state index contributed by atoms with van der Waals surface area (Å²) < 4.78 is 0. The summed E-state index contributed by atoms with van der Waals surface area (Å²) in [6, 6.07) is 24.5. The fourth-order valence-electron chi connectivity index (χ4n) is 3.57. The van der Waals surface area contributed by atoms with Crippen LogP contribution in [0.1, 0.15) is 27.0 Å². The number of carbonyl (C=O) groups excluding carboxylic acids is 2. The smallest absolute Gasteiger partial charge is 0.274 e. The van der Waals surface area contributed by atoms with Crippen LogP contribution >= 0.6 is 0 Å². The predicted octanol–water partition coefficient (Wildman–Crippen LogP) is 3.94. The SMILES string of the molecule is O=C(NO)c1ccc2c(c1)CCN2C(=O)C(=Cc1ccccc1)c1ccccc1. The Hall–Kier alpha value is -3.70. The topological polar surface area (TPSA) is 69.6 Å². The molecule has 1 heterocycles. The van der Waals surface area contributed by atoms with Gasteiger partial charge >= 0.3 is 0 Å².